The van der Waals surface area contributed by atoms with Gasteiger partial charge in [-0.05, 0) is 24.3 Å². The molecule has 6 nitrogen and oxygen atoms in total. The zero-order valence-corrected chi connectivity index (χ0v) is 15.1. The summed E-state index contributed by atoms with van der Waals surface area (Å²) >= 11 is 11.5. The van der Waals surface area contributed by atoms with Crippen LogP contribution in [0.3, 0.4) is 0 Å². The predicted octanol–water partition coefficient (Wildman–Crippen LogP) is 3.66. The fraction of sp³-hybridized carbons (Fsp3) is 0.188. The first-order valence-corrected chi connectivity index (χ1v) is 7.98. The SMILES string of the molecule is COC(=O)[C@@](NC(=O)c1ccccc1Cl)(Nc1ccc(Cl)cn1)C(F)(F)F. The summed E-state index contributed by atoms with van der Waals surface area (Å²) in [5, 5.41) is 3.59. The Morgan fingerprint density at radius 3 is 2.30 bits per heavy atom. The summed E-state index contributed by atoms with van der Waals surface area (Å²) in [5.74, 6) is -3.42. The number of carbonyl (C=O) groups excluding carboxylic acids is 2. The van der Waals surface area contributed by atoms with Gasteiger partial charge in [-0.1, -0.05) is 35.3 Å². The number of methoxy groups -OCH3 is 1. The molecular weight excluding hydrogens is 410 g/mol. The minimum atomic E-state index is -5.29. The van der Waals surface area contributed by atoms with Crippen molar-refractivity contribution in [3.63, 3.8) is 0 Å². The van der Waals surface area contributed by atoms with E-state index in [1.807, 2.05) is 5.32 Å². The molecule has 0 aliphatic heterocycles. The minimum absolute atomic E-state index is 0.0967. The molecule has 144 valence electrons. The molecule has 11 heteroatoms. The van der Waals surface area contributed by atoms with E-state index in [2.05, 4.69) is 9.72 Å². The standard InChI is InChI=1S/C16H12Cl2F3N3O3/c1-27-14(26)15(16(19,20)21,23-12-7-6-9(17)8-22-12)24-13(25)10-4-2-3-5-11(10)18/h2-8H,1H3,(H,22,23)(H,24,25)/t15-/m0/s1. The lowest BCUT2D eigenvalue weighted by Gasteiger charge is -2.34. The van der Waals surface area contributed by atoms with E-state index in [0.29, 0.717) is 0 Å². The number of hydrogen-bond acceptors (Lipinski definition) is 5. The molecule has 0 saturated carbocycles. The molecule has 1 heterocycles. The number of halogens is 5. The van der Waals surface area contributed by atoms with Gasteiger partial charge < -0.3 is 15.4 Å². The Balaban J connectivity index is 2.50. The van der Waals surface area contributed by atoms with Gasteiger partial charge in [0.15, 0.2) is 0 Å². The van der Waals surface area contributed by atoms with Crippen molar-refractivity contribution in [1.29, 1.82) is 0 Å². The number of nitrogens with one attached hydrogen (secondary N) is 2. The lowest BCUT2D eigenvalue weighted by molar-refractivity contribution is -0.203. The lowest BCUT2D eigenvalue weighted by Crippen LogP contribution is -2.69. The largest absolute Gasteiger partial charge is 0.466 e. The number of carbonyl (C=O) groups is 2. The third-order valence-corrected chi connectivity index (χ3v) is 3.93. The van der Waals surface area contributed by atoms with Crippen LogP contribution >= 0.6 is 23.2 Å². The topological polar surface area (TPSA) is 80.3 Å². The number of nitrogens with zero attached hydrogens (tertiary/aromatic N) is 1. The Morgan fingerprint density at radius 2 is 1.78 bits per heavy atom. The molecule has 2 aromatic rings. The third-order valence-electron chi connectivity index (χ3n) is 3.38. The molecule has 1 aromatic heterocycles. The van der Waals surface area contributed by atoms with Crippen LogP contribution in [0.4, 0.5) is 19.0 Å². The number of anilines is 1. The van der Waals surface area contributed by atoms with Crippen LogP contribution in [0.1, 0.15) is 10.4 Å². The number of benzene rings is 1. The highest BCUT2D eigenvalue weighted by atomic mass is 35.5. The Bertz CT molecular complexity index is 847. The Kier molecular flexibility index (Phi) is 6.17. The van der Waals surface area contributed by atoms with Crippen molar-refractivity contribution >= 4 is 40.9 Å². The van der Waals surface area contributed by atoms with Crippen LogP contribution in [0.2, 0.25) is 10.0 Å². The van der Waals surface area contributed by atoms with Crippen molar-refractivity contribution in [2.45, 2.75) is 11.8 Å². The second-order valence-electron chi connectivity index (χ2n) is 5.16. The molecule has 1 amide bonds. The zero-order chi connectivity index (χ0) is 20.2. The summed E-state index contributed by atoms with van der Waals surface area (Å²) in [6, 6.07) is 7.78. The van der Waals surface area contributed by atoms with Crippen molar-refractivity contribution < 1.29 is 27.5 Å². The maximum absolute atomic E-state index is 13.9. The number of alkyl halides is 3. The van der Waals surface area contributed by atoms with Crippen LogP contribution in [0.15, 0.2) is 42.6 Å². The van der Waals surface area contributed by atoms with Gasteiger partial charge in [-0.2, -0.15) is 13.2 Å². The van der Waals surface area contributed by atoms with Crippen molar-refractivity contribution in [2.75, 3.05) is 12.4 Å². The smallest absolute Gasteiger partial charge is 0.441 e. The number of hydrogen-bond donors (Lipinski definition) is 2. The van der Waals surface area contributed by atoms with Crippen LogP contribution in [0, 0.1) is 0 Å². The van der Waals surface area contributed by atoms with Crippen LogP contribution in [0.25, 0.3) is 0 Å². The van der Waals surface area contributed by atoms with Crippen molar-refractivity contribution in [1.82, 2.24) is 10.3 Å². The maximum Gasteiger partial charge on any atom is 0.441 e. The molecule has 0 bridgehead atoms. The summed E-state index contributed by atoms with van der Waals surface area (Å²) in [4.78, 5) is 28.2. The van der Waals surface area contributed by atoms with E-state index in [1.165, 1.54) is 30.3 Å². The molecule has 1 atom stereocenters. The van der Waals surface area contributed by atoms with E-state index in [-0.39, 0.29) is 21.4 Å². The molecule has 0 aliphatic rings. The summed E-state index contributed by atoms with van der Waals surface area (Å²) in [7, 11) is 0.751. The third kappa shape index (κ3) is 4.42. The normalized spacial score (nSPS) is 13.4. The van der Waals surface area contributed by atoms with Gasteiger partial charge in [-0.3, -0.25) is 4.79 Å². The van der Waals surface area contributed by atoms with Gasteiger partial charge in [0, 0.05) is 6.20 Å². The molecule has 2 rings (SSSR count). The second-order valence-corrected chi connectivity index (χ2v) is 6.00. The number of amides is 1. The molecule has 0 saturated heterocycles. The highest BCUT2D eigenvalue weighted by molar-refractivity contribution is 6.34. The van der Waals surface area contributed by atoms with E-state index in [4.69, 9.17) is 23.2 Å². The first kappa shape index (κ1) is 20.8. The second kappa shape index (κ2) is 8.01. The van der Waals surface area contributed by atoms with E-state index < -0.39 is 23.7 Å². The number of aromatic nitrogens is 1. The van der Waals surface area contributed by atoms with Gasteiger partial charge in [-0.25, -0.2) is 9.78 Å². The summed E-state index contributed by atoms with van der Waals surface area (Å²) in [6.45, 7) is 0. The molecule has 27 heavy (non-hydrogen) atoms. The van der Waals surface area contributed by atoms with Crippen molar-refractivity contribution in [3.8, 4) is 0 Å². The number of pyridine rings is 1. The van der Waals surface area contributed by atoms with Gasteiger partial charge in [0.2, 0.25) is 0 Å². The molecule has 0 unspecified atom stereocenters. The Labute approximate surface area is 161 Å². The van der Waals surface area contributed by atoms with Crippen molar-refractivity contribution in [2.24, 2.45) is 0 Å². The molecule has 0 spiro atoms. The van der Waals surface area contributed by atoms with Crippen molar-refractivity contribution in [3.05, 3.63) is 58.2 Å². The lowest BCUT2D eigenvalue weighted by atomic mass is 10.1. The van der Waals surface area contributed by atoms with E-state index in [1.54, 1.807) is 5.32 Å². The monoisotopic (exact) mass is 421 g/mol. The minimum Gasteiger partial charge on any atom is -0.466 e. The fourth-order valence-corrected chi connectivity index (χ4v) is 2.40. The number of ether oxygens (including phenoxy) is 1. The molecular formula is C16H12Cl2F3N3O3. The molecule has 2 N–H and O–H groups in total. The van der Waals surface area contributed by atoms with Crippen LogP contribution < -0.4 is 10.6 Å². The van der Waals surface area contributed by atoms with Crippen LogP contribution in [-0.4, -0.2) is 35.8 Å². The number of esters is 1. The van der Waals surface area contributed by atoms with E-state index >= 15 is 0 Å². The summed E-state index contributed by atoms with van der Waals surface area (Å²) < 4.78 is 46.0. The highest BCUT2D eigenvalue weighted by Crippen LogP contribution is 2.33. The molecule has 0 radical (unpaired) electrons. The van der Waals surface area contributed by atoms with Crippen LogP contribution in [0.5, 0.6) is 0 Å². The predicted molar refractivity (Wildman–Crippen MR) is 92.6 cm³/mol. The molecule has 0 aliphatic carbocycles. The van der Waals surface area contributed by atoms with Gasteiger partial charge >= 0.3 is 17.8 Å². The van der Waals surface area contributed by atoms with E-state index in [9.17, 15) is 22.8 Å². The molecule has 1 aromatic carbocycles. The Hall–Kier alpha value is -2.52. The summed E-state index contributed by atoms with van der Waals surface area (Å²) in [5.41, 5.74) is -3.87. The maximum atomic E-state index is 13.9. The molecule has 0 fully saturated rings. The average molecular weight is 422 g/mol. The summed E-state index contributed by atoms with van der Waals surface area (Å²) in [6.07, 6.45) is -4.23. The van der Waals surface area contributed by atoms with Gasteiger partial charge in [0.25, 0.3) is 5.91 Å². The van der Waals surface area contributed by atoms with Gasteiger partial charge in [0.05, 0.1) is 22.7 Å². The zero-order valence-electron chi connectivity index (χ0n) is 13.6. The van der Waals surface area contributed by atoms with Gasteiger partial charge in [-0.15, -0.1) is 0 Å². The van der Waals surface area contributed by atoms with Crippen LogP contribution in [-0.2, 0) is 9.53 Å². The highest BCUT2D eigenvalue weighted by Gasteiger charge is 2.63. The fourth-order valence-electron chi connectivity index (χ4n) is 2.07. The quantitative estimate of drug-likeness (QED) is 0.568. The van der Waals surface area contributed by atoms with Gasteiger partial charge in [0.1, 0.15) is 5.82 Å². The average Bonchev–Trinajstić information content (AvgIpc) is 2.61. The Morgan fingerprint density at radius 1 is 1.11 bits per heavy atom. The van der Waals surface area contributed by atoms with E-state index in [0.717, 1.165) is 19.4 Å². The first-order chi connectivity index (χ1) is 12.6. The number of rotatable bonds is 5. The first-order valence-electron chi connectivity index (χ1n) is 7.22.